The van der Waals surface area contributed by atoms with Crippen LogP contribution in [0, 0.1) is 5.92 Å². The average molecular weight is 328 g/mol. The van der Waals surface area contributed by atoms with Crippen molar-refractivity contribution in [3.8, 4) is 0 Å². The first-order valence-corrected chi connectivity index (χ1v) is 9.81. The Morgan fingerprint density at radius 1 is 1.29 bits per heavy atom. The van der Waals surface area contributed by atoms with Gasteiger partial charge in [0.05, 0.1) is 6.61 Å². The molecule has 2 heteroatoms. The molecule has 2 aliphatic rings. The molecule has 0 unspecified atom stereocenters. The molecule has 0 bridgehead atoms. The van der Waals surface area contributed by atoms with E-state index in [1.807, 2.05) is 0 Å². The maximum Gasteiger partial charge on any atom is 0.0611 e. The topological polar surface area (TPSA) is 46.2 Å². The van der Waals surface area contributed by atoms with Crippen LogP contribution in [0.4, 0.5) is 0 Å². The van der Waals surface area contributed by atoms with Gasteiger partial charge in [-0.05, 0) is 73.5 Å². The summed E-state index contributed by atoms with van der Waals surface area (Å²) in [4.78, 5) is 0. The molecule has 0 spiro atoms. The molecule has 1 saturated carbocycles. The van der Waals surface area contributed by atoms with E-state index in [2.05, 4.69) is 37.3 Å². The van der Waals surface area contributed by atoms with Crippen molar-refractivity contribution in [1.29, 1.82) is 0 Å². The van der Waals surface area contributed by atoms with Gasteiger partial charge < -0.3 is 10.8 Å². The Morgan fingerprint density at radius 3 is 2.92 bits per heavy atom. The highest BCUT2D eigenvalue weighted by Gasteiger charge is 2.36. The second kappa shape index (κ2) is 7.84. The van der Waals surface area contributed by atoms with Crippen molar-refractivity contribution >= 4 is 0 Å². The first-order chi connectivity index (χ1) is 11.6. The Morgan fingerprint density at radius 2 is 2.17 bits per heavy atom. The number of nitrogens with two attached hydrogens (primary N) is 1. The number of allylic oxidation sites excluding steroid dienone is 2. The van der Waals surface area contributed by atoms with Crippen LogP contribution in [0.15, 0.2) is 30.4 Å². The summed E-state index contributed by atoms with van der Waals surface area (Å²) in [5.41, 5.74) is 10.4. The molecule has 1 fully saturated rings. The summed E-state index contributed by atoms with van der Waals surface area (Å²) in [6.07, 6.45) is 15.3. The summed E-state index contributed by atoms with van der Waals surface area (Å²) >= 11 is 0. The van der Waals surface area contributed by atoms with E-state index in [4.69, 9.17) is 5.73 Å². The Balaban J connectivity index is 1.63. The third-order valence-electron chi connectivity index (χ3n) is 6.06. The lowest BCUT2D eigenvalue weighted by molar-refractivity contribution is 0.198. The minimum Gasteiger partial charge on any atom is -0.394 e. The van der Waals surface area contributed by atoms with E-state index in [9.17, 15) is 5.11 Å². The van der Waals surface area contributed by atoms with Gasteiger partial charge in [-0.3, -0.25) is 0 Å². The lowest BCUT2D eigenvalue weighted by Gasteiger charge is -2.25. The number of rotatable bonds is 6. The molecule has 0 aliphatic heterocycles. The van der Waals surface area contributed by atoms with Gasteiger partial charge in [-0.15, -0.1) is 0 Å². The Labute approximate surface area is 147 Å². The van der Waals surface area contributed by atoms with Gasteiger partial charge in [-0.25, -0.2) is 0 Å². The van der Waals surface area contributed by atoms with Crippen LogP contribution in [-0.4, -0.2) is 17.3 Å². The fourth-order valence-electron chi connectivity index (χ4n) is 4.42. The van der Waals surface area contributed by atoms with Crippen LogP contribution in [0.25, 0.3) is 0 Å². The Kier molecular flexibility index (Phi) is 5.78. The molecule has 2 aliphatic carbocycles. The van der Waals surface area contributed by atoms with E-state index in [-0.39, 0.29) is 12.1 Å². The molecule has 24 heavy (non-hydrogen) atoms. The third kappa shape index (κ3) is 4.10. The summed E-state index contributed by atoms with van der Waals surface area (Å²) in [6, 6.07) is 7.10. The van der Waals surface area contributed by atoms with E-state index in [1.165, 1.54) is 49.7 Å². The fourth-order valence-corrected chi connectivity index (χ4v) is 4.42. The molecule has 132 valence electrons. The molecular weight excluding hydrogens is 294 g/mol. The highest BCUT2D eigenvalue weighted by atomic mass is 16.3. The van der Waals surface area contributed by atoms with Crippen molar-refractivity contribution in [2.45, 2.75) is 76.2 Å². The van der Waals surface area contributed by atoms with E-state index < -0.39 is 0 Å². The molecule has 0 aromatic heterocycles. The SMILES string of the molecule is CCCC/C=C\[C@@H]1CCc2cc([C@H]3CC[C@](N)(CO)C3)ccc2C1. The van der Waals surface area contributed by atoms with Gasteiger partial charge in [0.1, 0.15) is 0 Å². The maximum absolute atomic E-state index is 9.48. The van der Waals surface area contributed by atoms with Gasteiger partial charge in [-0.2, -0.15) is 0 Å². The van der Waals surface area contributed by atoms with E-state index >= 15 is 0 Å². The van der Waals surface area contributed by atoms with Gasteiger partial charge in [0.2, 0.25) is 0 Å². The molecule has 0 heterocycles. The minimum atomic E-state index is -0.352. The molecular formula is C22H33NO. The highest BCUT2D eigenvalue weighted by molar-refractivity contribution is 5.37. The van der Waals surface area contributed by atoms with Crippen molar-refractivity contribution in [2.24, 2.45) is 11.7 Å². The molecule has 0 saturated heterocycles. The predicted molar refractivity (Wildman–Crippen MR) is 101 cm³/mol. The van der Waals surface area contributed by atoms with Crippen molar-refractivity contribution in [1.82, 2.24) is 0 Å². The third-order valence-corrected chi connectivity index (χ3v) is 6.06. The van der Waals surface area contributed by atoms with Crippen LogP contribution in [0.2, 0.25) is 0 Å². The molecule has 0 radical (unpaired) electrons. The molecule has 3 rings (SSSR count). The van der Waals surface area contributed by atoms with E-state index in [1.54, 1.807) is 5.56 Å². The van der Waals surface area contributed by atoms with Crippen LogP contribution in [-0.2, 0) is 12.8 Å². The largest absolute Gasteiger partial charge is 0.394 e. The maximum atomic E-state index is 9.48. The Hall–Kier alpha value is -1.12. The van der Waals surface area contributed by atoms with Crippen molar-refractivity contribution in [3.63, 3.8) is 0 Å². The van der Waals surface area contributed by atoms with Crippen LogP contribution in [0.1, 0.15) is 74.5 Å². The van der Waals surface area contributed by atoms with E-state index in [0.29, 0.717) is 5.92 Å². The second-order valence-corrected chi connectivity index (χ2v) is 8.06. The molecule has 2 nitrogen and oxygen atoms in total. The standard InChI is InChI=1S/C22H33NO/c1-2-3-4-5-6-17-7-8-19-14-20(10-9-18(19)13-17)21-11-12-22(23,15-21)16-24/h5-6,9-10,14,17,21,24H,2-4,7-8,11-13,15-16,23H2,1H3/b6-5-/t17-,21+,22-/m1/s1. The average Bonchev–Trinajstić information content (AvgIpc) is 3.01. The minimum absolute atomic E-state index is 0.112. The fraction of sp³-hybridized carbons (Fsp3) is 0.636. The number of hydrogen-bond donors (Lipinski definition) is 2. The number of unbranched alkanes of at least 4 members (excludes halogenated alkanes) is 2. The van der Waals surface area contributed by atoms with Crippen LogP contribution in [0.3, 0.4) is 0 Å². The lowest BCUT2D eigenvalue weighted by atomic mass is 9.81. The quantitative estimate of drug-likeness (QED) is 0.597. The lowest BCUT2D eigenvalue weighted by Crippen LogP contribution is -2.40. The molecule has 1 aromatic rings. The smallest absolute Gasteiger partial charge is 0.0611 e. The Bertz CT molecular complexity index is 579. The van der Waals surface area contributed by atoms with Crippen LogP contribution in [0.5, 0.6) is 0 Å². The first-order valence-electron chi connectivity index (χ1n) is 9.81. The van der Waals surface area contributed by atoms with Gasteiger partial charge in [0.25, 0.3) is 0 Å². The number of aryl methyl sites for hydroxylation is 1. The normalized spacial score (nSPS) is 30.0. The molecule has 1 aromatic carbocycles. The van der Waals surface area contributed by atoms with Gasteiger partial charge in [0.15, 0.2) is 0 Å². The van der Waals surface area contributed by atoms with Gasteiger partial charge >= 0.3 is 0 Å². The molecule has 3 N–H and O–H groups in total. The predicted octanol–water partition coefficient (Wildman–Crippen LogP) is 4.50. The van der Waals surface area contributed by atoms with Crippen molar-refractivity contribution in [2.75, 3.05) is 6.61 Å². The van der Waals surface area contributed by atoms with Crippen molar-refractivity contribution < 1.29 is 5.11 Å². The summed E-state index contributed by atoms with van der Waals surface area (Å²) in [7, 11) is 0. The molecule has 3 atom stereocenters. The number of benzene rings is 1. The number of aliphatic hydroxyl groups is 1. The van der Waals surface area contributed by atoms with Crippen LogP contribution >= 0.6 is 0 Å². The van der Waals surface area contributed by atoms with Crippen LogP contribution < -0.4 is 5.73 Å². The zero-order valence-electron chi connectivity index (χ0n) is 15.1. The zero-order valence-corrected chi connectivity index (χ0v) is 15.1. The van der Waals surface area contributed by atoms with E-state index in [0.717, 1.165) is 25.2 Å². The first kappa shape index (κ1) is 17.7. The summed E-state index contributed by atoms with van der Waals surface area (Å²) < 4.78 is 0. The second-order valence-electron chi connectivity index (χ2n) is 8.06. The van der Waals surface area contributed by atoms with Gasteiger partial charge in [-0.1, -0.05) is 50.1 Å². The number of hydrogen-bond acceptors (Lipinski definition) is 2. The monoisotopic (exact) mass is 327 g/mol. The summed E-state index contributed by atoms with van der Waals surface area (Å²) in [6.45, 7) is 2.36. The number of aliphatic hydroxyl groups excluding tert-OH is 1. The zero-order chi connectivity index (χ0) is 17.0. The molecule has 0 amide bonds. The summed E-state index contributed by atoms with van der Waals surface area (Å²) in [5, 5.41) is 9.48. The summed E-state index contributed by atoms with van der Waals surface area (Å²) in [5.74, 6) is 1.25. The van der Waals surface area contributed by atoms with Crippen molar-refractivity contribution in [3.05, 3.63) is 47.0 Å². The number of fused-ring (bicyclic) bond motifs is 1. The highest BCUT2D eigenvalue weighted by Crippen LogP contribution is 2.40. The van der Waals surface area contributed by atoms with Gasteiger partial charge in [0, 0.05) is 5.54 Å².